The highest BCUT2D eigenvalue weighted by Gasteiger charge is 2.31. The molecule has 9 nitrogen and oxygen atoms in total. The normalized spacial score (nSPS) is 16.7. The van der Waals surface area contributed by atoms with E-state index in [0.717, 1.165) is 49.9 Å². The molecule has 1 saturated heterocycles. The molecule has 1 aromatic heterocycles. The SMILES string of the molecule is CC(C)(C)Cc1c([SH+]C(C)(C)C)[nH]c2c(CN3CCC(CCNC(=O)CCCN4C(=O)C=CC4=O)CC3)c(O)ccc12.[OH-]. The number of hydrogen-bond donors (Lipinski definition) is 3. The molecule has 238 valence electrons. The van der Waals surface area contributed by atoms with E-state index in [1.807, 2.05) is 6.07 Å². The summed E-state index contributed by atoms with van der Waals surface area (Å²) in [7, 11) is 0. The van der Waals surface area contributed by atoms with Crippen LogP contribution in [0.1, 0.15) is 84.8 Å². The Labute approximate surface area is 260 Å². The van der Waals surface area contributed by atoms with Gasteiger partial charge < -0.3 is 20.9 Å². The number of nitrogens with zero attached hydrogens (tertiary/aromatic N) is 2. The molecule has 0 saturated carbocycles. The number of hydrogen-bond acceptors (Lipinski definition) is 6. The Hall–Kier alpha value is -2.82. The van der Waals surface area contributed by atoms with E-state index in [2.05, 4.69) is 62.8 Å². The molecule has 0 radical (unpaired) electrons. The van der Waals surface area contributed by atoms with Crippen molar-refractivity contribution in [1.29, 1.82) is 0 Å². The number of rotatable bonds is 11. The van der Waals surface area contributed by atoms with Crippen molar-refractivity contribution in [2.24, 2.45) is 11.3 Å². The van der Waals surface area contributed by atoms with Gasteiger partial charge in [0.05, 0.1) is 5.52 Å². The number of amides is 3. The summed E-state index contributed by atoms with van der Waals surface area (Å²) in [5.74, 6) is 0.260. The molecule has 2 aliphatic rings. The first-order valence-electron chi connectivity index (χ1n) is 15.3. The molecule has 3 heterocycles. The molecule has 4 N–H and O–H groups in total. The van der Waals surface area contributed by atoms with Gasteiger partial charge in [0.2, 0.25) is 10.9 Å². The summed E-state index contributed by atoms with van der Waals surface area (Å²) in [5, 5.41) is 16.4. The average molecular weight is 615 g/mol. The molecule has 3 amide bonds. The molecule has 0 aliphatic carbocycles. The van der Waals surface area contributed by atoms with Crippen molar-refractivity contribution in [3.63, 3.8) is 0 Å². The third-order valence-corrected chi connectivity index (χ3v) is 9.22. The molecular formula is C33H50N4O5S. The molecule has 0 spiro atoms. The van der Waals surface area contributed by atoms with E-state index >= 15 is 0 Å². The van der Waals surface area contributed by atoms with Gasteiger partial charge in [0, 0.05) is 66.5 Å². The summed E-state index contributed by atoms with van der Waals surface area (Å²) in [6, 6.07) is 3.94. The van der Waals surface area contributed by atoms with E-state index in [9.17, 15) is 19.5 Å². The highest BCUT2D eigenvalue weighted by Crippen LogP contribution is 2.37. The minimum absolute atomic E-state index is 0. The zero-order chi connectivity index (χ0) is 30.7. The van der Waals surface area contributed by atoms with E-state index in [-0.39, 0.29) is 39.9 Å². The first kappa shape index (κ1) is 34.7. The van der Waals surface area contributed by atoms with Crippen LogP contribution in [0, 0.1) is 11.3 Å². The van der Waals surface area contributed by atoms with E-state index in [0.29, 0.717) is 37.6 Å². The molecule has 1 fully saturated rings. The number of phenolic OH excluding ortho intramolecular Hbond substituents is 1. The monoisotopic (exact) mass is 614 g/mol. The predicted molar refractivity (Wildman–Crippen MR) is 173 cm³/mol. The van der Waals surface area contributed by atoms with Crippen LogP contribution in [0.15, 0.2) is 29.3 Å². The molecule has 0 bridgehead atoms. The Bertz CT molecular complexity index is 1310. The number of benzene rings is 1. The van der Waals surface area contributed by atoms with Crippen molar-refractivity contribution >= 4 is 40.4 Å². The summed E-state index contributed by atoms with van der Waals surface area (Å²) in [4.78, 5) is 42.8. The largest absolute Gasteiger partial charge is 0.870 e. The van der Waals surface area contributed by atoms with Crippen molar-refractivity contribution < 1.29 is 25.0 Å². The van der Waals surface area contributed by atoms with Gasteiger partial charge in [-0.25, -0.2) is 0 Å². The van der Waals surface area contributed by atoms with Crippen LogP contribution in [-0.2, 0) is 39.1 Å². The minimum Gasteiger partial charge on any atom is -0.870 e. The van der Waals surface area contributed by atoms with Crippen LogP contribution >= 0.6 is 0 Å². The maximum Gasteiger partial charge on any atom is 0.253 e. The number of H-pyrrole nitrogens is 1. The second-order valence-electron chi connectivity index (χ2n) is 14.1. The lowest BCUT2D eigenvalue weighted by Gasteiger charge is -2.32. The number of carbonyl (C=O) groups is 3. The minimum atomic E-state index is -0.304. The zero-order valence-corrected chi connectivity index (χ0v) is 27.5. The summed E-state index contributed by atoms with van der Waals surface area (Å²) in [6.45, 7) is 17.2. The highest BCUT2D eigenvalue weighted by atomic mass is 32.2. The second-order valence-corrected chi connectivity index (χ2v) is 16.1. The maximum absolute atomic E-state index is 12.2. The van der Waals surface area contributed by atoms with Crippen LogP contribution < -0.4 is 5.32 Å². The lowest BCUT2D eigenvalue weighted by Crippen LogP contribution is -2.35. The number of phenols is 1. The average Bonchev–Trinajstić information content (AvgIpc) is 3.38. The van der Waals surface area contributed by atoms with Gasteiger partial charge in [-0.1, -0.05) is 20.8 Å². The second kappa shape index (κ2) is 14.3. The third kappa shape index (κ3) is 9.58. The van der Waals surface area contributed by atoms with Gasteiger partial charge in [-0.05, 0) is 89.4 Å². The van der Waals surface area contributed by atoms with Gasteiger partial charge in [0.25, 0.3) is 11.8 Å². The van der Waals surface area contributed by atoms with Crippen LogP contribution in [0.5, 0.6) is 5.75 Å². The van der Waals surface area contributed by atoms with E-state index < -0.39 is 0 Å². The molecular weight excluding hydrogens is 564 g/mol. The van der Waals surface area contributed by atoms with Crippen LogP contribution in [0.2, 0.25) is 0 Å². The van der Waals surface area contributed by atoms with E-state index in [1.165, 1.54) is 44.8 Å². The molecule has 2 aromatic rings. The number of fused-ring (bicyclic) bond motifs is 1. The molecule has 10 heteroatoms. The lowest BCUT2D eigenvalue weighted by atomic mass is 9.88. The Balaban J connectivity index is 0.00000506. The number of imide groups is 1. The Morgan fingerprint density at radius 3 is 2.30 bits per heavy atom. The van der Waals surface area contributed by atoms with E-state index in [1.54, 1.807) is 0 Å². The number of nitrogens with one attached hydrogen (secondary N) is 2. The van der Waals surface area contributed by atoms with Crippen molar-refractivity contribution in [2.75, 3.05) is 26.2 Å². The van der Waals surface area contributed by atoms with Crippen LogP contribution in [0.25, 0.3) is 10.9 Å². The number of aromatic nitrogens is 1. The van der Waals surface area contributed by atoms with Crippen molar-refractivity contribution in [3.05, 3.63) is 35.4 Å². The summed E-state index contributed by atoms with van der Waals surface area (Å²) < 4.78 is 0.128. The first-order chi connectivity index (χ1) is 19.7. The van der Waals surface area contributed by atoms with Gasteiger partial charge in [-0.2, -0.15) is 0 Å². The third-order valence-electron chi connectivity index (χ3n) is 7.95. The number of aromatic hydroxyl groups is 1. The number of carbonyl (C=O) groups excluding carboxylic acids is 3. The van der Waals surface area contributed by atoms with Crippen LogP contribution in [0.3, 0.4) is 0 Å². The van der Waals surface area contributed by atoms with Gasteiger partial charge in [0.1, 0.15) is 10.5 Å². The number of piperidine rings is 1. The Kier molecular flexibility index (Phi) is 11.5. The fourth-order valence-electron chi connectivity index (χ4n) is 5.86. The topological polar surface area (TPSA) is 136 Å². The molecule has 2 aliphatic heterocycles. The molecule has 1 aromatic carbocycles. The summed E-state index contributed by atoms with van der Waals surface area (Å²) >= 11 is 1.26. The molecule has 4 rings (SSSR count). The number of aromatic amines is 1. The molecule has 0 atom stereocenters. The van der Waals surface area contributed by atoms with Gasteiger partial charge in [0.15, 0.2) is 0 Å². The predicted octanol–water partition coefficient (Wildman–Crippen LogP) is 4.68. The fraction of sp³-hybridized carbons (Fsp3) is 0.606. The van der Waals surface area contributed by atoms with Crippen LogP contribution in [0.4, 0.5) is 0 Å². The number of likely N-dealkylation sites (tertiary alicyclic amines) is 1. The number of thiol groups is 1. The molecule has 0 unspecified atom stereocenters. The van der Waals surface area contributed by atoms with Gasteiger partial charge in [-0.15, -0.1) is 0 Å². The van der Waals surface area contributed by atoms with Gasteiger partial charge in [-0.3, -0.25) is 24.2 Å². The summed E-state index contributed by atoms with van der Waals surface area (Å²) in [5.41, 5.74) is 3.58. The fourth-order valence-corrected chi connectivity index (χ4v) is 7.04. The lowest BCUT2D eigenvalue weighted by molar-refractivity contribution is -0.137. The Morgan fingerprint density at radius 2 is 1.70 bits per heavy atom. The van der Waals surface area contributed by atoms with Gasteiger partial charge >= 0.3 is 0 Å². The van der Waals surface area contributed by atoms with Crippen molar-refractivity contribution in [2.45, 2.75) is 96.4 Å². The van der Waals surface area contributed by atoms with Crippen molar-refractivity contribution in [1.82, 2.24) is 20.1 Å². The quantitative estimate of drug-likeness (QED) is 0.191. The van der Waals surface area contributed by atoms with Crippen molar-refractivity contribution in [3.8, 4) is 5.75 Å². The van der Waals surface area contributed by atoms with Crippen LogP contribution in [-0.4, -0.2) is 74.0 Å². The standard InChI is InChI=1S/C33H48N4O4S.H2O/c1-32(2,3)20-24-23-9-10-26(38)25(30(23)35-31(24)42-33(4,5)6)21-36-18-14-22(15-19-36)13-16-34-27(39)8-7-17-37-28(40)11-12-29(37)41;/h9-12,22,35,38H,7-8,13-21H2,1-6H3,(H,34,39);1H2. The maximum atomic E-state index is 12.2. The van der Waals surface area contributed by atoms with E-state index in [4.69, 9.17) is 0 Å². The summed E-state index contributed by atoms with van der Waals surface area (Å²) in [6.07, 6.45) is 7.35. The Morgan fingerprint density at radius 1 is 1.05 bits per heavy atom. The smallest absolute Gasteiger partial charge is 0.253 e. The first-order valence-corrected chi connectivity index (χ1v) is 16.2. The zero-order valence-electron chi connectivity index (χ0n) is 26.6. The highest BCUT2D eigenvalue weighted by molar-refractivity contribution is 7.80. The molecule has 43 heavy (non-hydrogen) atoms.